The van der Waals surface area contributed by atoms with E-state index in [2.05, 4.69) is 33.2 Å². The van der Waals surface area contributed by atoms with Crippen molar-refractivity contribution in [1.29, 1.82) is 0 Å². The molecule has 1 atom stereocenters. The normalized spacial score (nSPS) is 20.0. The Morgan fingerprint density at radius 3 is 2.48 bits per heavy atom. The van der Waals surface area contributed by atoms with Crippen LogP contribution in [0.15, 0.2) is 29.5 Å². The van der Waals surface area contributed by atoms with Crippen molar-refractivity contribution in [3.05, 3.63) is 38.6 Å². The molecule has 168 valence electrons. The lowest BCUT2D eigenvalue weighted by atomic mass is 9.87. The molecule has 0 aromatic heterocycles. The average Bonchev–Trinajstić information content (AvgIpc) is 3.01. The van der Waals surface area contributed by atoms with E-state index in [1.165, 1.54) is 45.4 Å². The summed E-state index contributed by atoms with van der Waals surface area (Å²) in [5.41, 5.74) is 2.14. The van der Waals surface area contributed by atoms with Crippen molar-refractivity contribution in [2.45, 2.75) is 77.7 Å². The van der Waals surface area contributed by atoms with Gasteiger partial charge in [-0.1, -0.05) is 51.5 Å². The Balaban J connectivity index is 1.83. The second-order valence-electron chi connectivity index (χ2n) is 8.38. The van der Waals surface area contributed by atoms with Crippen molar-refractivity contribution < 1.29 is 19.1 Å². The zero-order valence-electron chi connectivity index (χ0n) is 18.3. The third kappa shape index (κ3) is 6.30. The standard InChI is InChI=1S/C24H31IN2O4/c1-3-19-22(20(29)12-10-16-8-6-4-5-7-9-16)23(27-24(30)26-19)17-11-13-21(18(25)14-17)31-15(2)28/h11,13-14,16,23H,3-10,12H2,1-2H3,(H2,26,27,30)/t23-/m0/s1. The molecule has 2 amide bonds. The van der Waals surface area contributed by atoms with E-state index in [9.17, 15) is 14.4 Å². The molecule has 31 heavy (non-hydrogen) atoms. The van der Waals surface area contributed by atoms with Crippen LogP contribution in [0, 0.1) is 9.49 Å². The number of hydrogen-bond donors (Lipinski definition) is 2. The maximum Gasteiger partial charge on any atom is 0.319 e. The first-order chi connectivity index (χ1) is 14.9. The molecule has 2 N–H and O–H groups in total. The first-order valence-corrected chi connectivity index (χ1v) is 12.3. The summed E-state index contributed by atoms with van der Waals surface area (Å²) in [6.45, 7) is 3.31. The number of carbonyl (C=O) groups excluding carboxylic acids is 3. The van der Waals surface area contributed by atoms with E-state index in [4.69, 9.17) is 4.74 Å². The Bertz CT molecular complexity index is 872. The number of amides is 2. The summed E-state index contributed by atoms with van der Waals surface area (Å²) >= 11 is 2.10. The number of halogens is 1. The van der Waals surface area contributed by atoms with Crippen LogP contribution in [0.5, 0.6) is 5.75 Å². The molecule has 0 unspecified atom stereocenters. The van der Waals surface area contributed by atoms with Crippen LogP contribution >= 0.6 is 22.6 Å². The number of urea groups is 1. The minimum absolute atomic E-state index is 0.0951. The molecule has 2 aliphatic rings. The highest BCUT2D eigenvalue weighted by molar-refractivity contribution is 14.1. The number of Topliss-reactive ketones (excluding diaryl/α,β-unsaturated/α-hetero) is 1. The van der Waals surface area contributed by atoms with Gasteiger partial charge in [0.15, 0.2) is 5.78 Å². The molecule has 0 radical (unpaired) electrons. The zero-order valence-corrected chi connectivity index (χ0v) is 20.4. The highest BCUT2D eigenvalue weighted by Gasteiger charge is 2.32. The molecule has 1 aromatic carbocycles. The van der Waals surface area contributed by atoms with Crippen LogP contribution in [-0.2, 0) is 9.59 Å². The Labute approximate surface area is 197 Å². The predicted molar refractivity (Wildman–Crippen MR) is 128 cm³/mol. The van der Waals surface area contributed by atoms with Gasteiger partial charge in [-0.05, 0) is 59.0 Å². The molecule has 1 saturated carbocycles. The largest absolute Gasteiger partial charge is 0.426 e. The Kier molecular flexibility index (Phi) is 8.51. The summed E-state index contributed by atoms with van der Waals surface area (Å²) in [5.74, 6) is 0.796. The summed E-state index contributed by atoms with van der Waals surface area (Å²) in [5, 5.41) is 5.76. The molecular formula is C24H31IN2O4. The van der Waals surface area contributed by atoms with Gasteiger partial charge < -0.3 is 15.4 Å². The monoisotopic (exact) mass is 538 g/mol. The maximum absolute atomic E-state index is 13.4. The topological polar surface area (TPSA) is 84.5 Å². The molecule has 7 heteroatoms. The molecule has 1 fully saturated rings. The minimum atomic E-state index is -0.509. The molecule has 6 nitrogen and oxygen atoms in total. The third-order valence-electron chi connectivity index (χ3n) is 6.10. The molecule has 0 saturated heterocycles. The van der Waals surface area contributed by atoms with Gasteiger partial charge >= 0.3 is 12.0 Å². The van der Waals surface area contributed by atoms with Crippen LogP contribution in [0.2, 0.25) is 0 Å². The Morgan fingerprint density at radius 1 is 1.16 bits per heavy atom. The third-order valence-corrected chi connectivity index (χ3v) is 6.95. The van der Waals surface area contributed by atoms with Crippen molar-refractivity contribution >= 4 is 40.4 Å². The van der Waals surface area contributed by atoms with E-state index >= 15 is 0 Å². The SMILES string of the molecule is CCC1=C(C(=O)CCC2CCCCCC2)[C@H](c2ccc(OC(C)=O)c(I)c2)NC(=O)N1. The molecule has 0 bridgehead atoms. The second kappa shape index (κ2) is 11.1. The van der Waals surface area contributed by atoms with E-state index in [1.807, 2.05) is 19.1 Å². The number of ether oxygens (including phenoxy) is 1. The Morgan fingerprint density at radius 2 is 1.87 bits per heavy atom. The van der Waals surface area contributed by atoms with E-state index in [1.54, 1.807) is 6.07 Å². The lowest BCUT2D eigenvalue weighted by Crippen LogP contribution is -2.45. The zero-order chi connectivity index (χ0) is 22.4. The van der Waals surface area contributed by atoms with Gasteiger partial charge in [0.25, 0.3) is 0 Å². The quantitative estimate of drug-likeness (QED) is 0.206. The summed E-state index contributed by atoms with van der Waals surface area (Å²) in [4.78, 5) is 36.9. The van der Waals surface area contributed by atoms with Crippen LogP contribution in [0.4, 0.5) is 4.79 Å². The fraction of sp³-hybridized carbons (Fsp3) is 0.542. The van der Waals surface area contributed by atoms with Crippen LogP contribution in [0.1, 0.15) is 83.2 Å². The van der Waals surface area contributed by atoms with Crippen molar-refractivity contribution in [2.24, 2.45) is 5.92 Å². The minimum Gasteiger partial charge on any atom is -0.426 e. The number of esters is 1. The van der Waals surface area contributed by atoms with Crippen molar-refractivity contribution in [3.8, 4) is 5.75 Å². The van der Waals surface area contributed by atoms with Crippen LogP contribution in [-0.4, -0.2) is 17.8 Å². The summed E-state index contributed by atoms with van der Waals surface area (Å²) in [6, 6.07) is 4.57. The molecule has 1 heterocycles. The molecular weight excluding hydrogens is 507 g/mol. The number of nitrogens with one attached hydrogen (secondary N) is 2. The number of benzene rings is 1. The molecule has 1 aliphatic carbocycles. The molecule has 1 aliphatic heterocycles. The average molecular weight is 538 g/mol. The number of hydrogen-bond acceptors (Lipinski definition) is 4. The fourth-order valence-electron chi connectivity index (χ4n) is 4.53. The van der Waals surface area contributed by atoms with Gasteiger partial charge in [0, 0.05) is 24.6 Å². The van der Waals surface area contributed by atoms with Gasteiger partial charge in [-0.25, -0.2) is 4.79 Å². The van der Waals surface area contributed by atoms with E-state index in [0.717, 1.165) is 15.6 Å². The van der Waals surface area contributed by atoms with Crippen molar-refractivity contribution in [3.63, 3.8) is 0 Å². The summed E-state index contributed by atoms with van der Waals surface area (Å²) < 4.78 is 5.97. The van der Waals surface area contributed by atoms with Crippen molar-refractivity contribution in [2.75, 3.05) is 0 Å². The van der Waals surface area contributed by atoms with Gasteiger partial charge in [0.05, 0.1) is 9.61 Å². The van der Waals surface area contributed by atoms with Gasteiger partial charge in [-0.3, -0.25) is 9.59 Å². The maximum atomic E-state index is 13.4. The number of allylic oxidation sites excluding steroid dienone is 1. The van der Waals surface area contributed by atoms with E-state index in [-0.39, 0.29) is 17.8 Å². The molecule has 3 rings (SSSR count). The predicted octanol–water partition coefficient (Wildman–Crippen LogP) is 5.55. The van der Waals surface area contributed by atoms with Gasteiger partial charge in [0.2, 0.25) is 0 Å². The van der Waals surface area contributed by atoms with Crippen LogP contribution in [0.3, 0.4) is 0 Å². The number of rotatable bonds is 7. The number of carbonyl (C=O) groups is 3. The molecule has 1 aromatic rings. The first kappa shape index (κ1) is 23.8. The highest BCUT2D eigenvalue weighted by Crippen LogP contribution is 2.34. The Hall–Kier alpha value is -1.90. The van der Waals surface area contributed by atoms with E-state index in [0.29, 0.717) is 35.8 Å². The summed E-state index contributed by atoms with van der Waals surface area (Å²) in [6.07, 6.45) is 9.53. The second-order valence-corrected chi connectivity index (χ2v) is 9.54. The van der Waals surface area contributed by atoms with Gasteiger partial charge in [-0.15, -0.1) is 0 Å². The highest BCUT2D eigenvalue weighted by atomic mass is 127. The lowest BCUT2D eigenvalue weighted by molar-refractivity contribution is -0.132. The van der Waals surface area contributed by atoms with Crippen molar-refractivity contribution in [1.82, 2.24) is 10.6 Å². The van der Waals surface area contributed by atoms with Crippen LogP contribution in [0.25, 0.3) is 0 Å². The van der Waals surface area contributed by atoms with Gasteiger partial charge in [-0.2, -0.15) is 0 Å². The smallest absolute Gasteiger partial charge is 0.319 e. The first-order valence-electron chi connectivity index (χ1n) is 11.2. The molecule has 0 spiro atoms. The number of ketones is 1. The van der Waals surface area contributed by atoms with Crippen LogP contribution < -0.4 is 15.4 Å². The fourth-order valence-corrected chi connectivity index (χ4v) is 5.18. The van der Waals surface area contributed by atoms with Gasteiger partial charge in [0.1, 0.15) is 5.75 Å². The summed E-state index contributed by atoms with van der Waals surface area (Å²) in [7, 11) is 0. The lowest BCUT2D eigenvalue weighted by Gasteiger charge is -2.30. The van der Waals surface area contributed by atoms with E-state index < -0.39 is 6.04 Å².